The van der Waals surface area contributed by atoms with Gasteiger partial charge in [-0.05, 0) is 42.5 Å². The Bertz CT molecular complexity index is 1020. The molecule has 4 rings (SSSR count). The number of nitro benzene ring substituents is 1. The second kappa shape index (κ2) is 6.07. The van der Waals surface area contributed by atoms with Crippen molar-refractivity contribution in [2.75, 3.05) is 0 Å². The van der Waals surface area contributed by atoms with Gasteiger partial charge in [-0.15, -0.1) is 0 Å². The van der Waals surface area contributed by atoms with E-state index in [1.165, 1.54) is 23.9 Å². The predicted octanol–water partition coefficient (Wildman–Crippen LogP) is 4.72. The molecule has 0 radical (unpaired) electrons. The van der Waals surface area contributed by atoms with Crippen molar-refractivity contribution in [3.05, 3.63) is 93.1 Å². The van der Waals surface area contributed by atoms with Gasteiger partial charge in [0.05, 0.1) is 9.83 Å². The number of Topliss-reactive ketones (excluding diaryl/α,β-unsaturated/α-hetero) is 1. The zero-order valence-electron chi connectivity index (χ0n) is 13.0. The Balaban J connectivity index is 1.69. The molecule has 2 heterocycles. The lowest BCUT2D eigenvalue weighted by atomic mass is 10.1. The summed E-state index contributed by atoms with van der Waals surface area (Å²) in [5.41, 5.74) is 2.42. The zero-order valence-corrected chi connectivity index (χ0v) is 13.8. The molecule has 25 heavy (non-hydrogen) atoms. The lowest BCUT2D eigenvalue weighted by molar-refractivity contribution is -0.384. The summed E-state index contributed by atoms with van der Waals surface area (Å²) in [6, 6.07) is 17.7. The number of thioether (sulfide) groups is 1. The Morgan fingerprint density at radius 3 is 2.48 bits per heavy atom. The number of nitro groups is 1. The van der Waals surface area contributed by atoms with E-state index < -0.39 is 4.92 Å². The molecule has 2 aromatic carbocycles. The maximum absolute atomic E-state index is 12.5. The van der Waals surface area contributed by atoms with Crippen molar-refractivity contribution in [2.24, 2.45) is 0 Å². The number of rotatable bonds is 3. The van der Waals surface area contributed by atoms with Crippen LogP contribution < -0.4 is 0 Å². The summed E-state index contributed by atoms with van der Waals surface area (Å²) in [5.74, 6) is 0.0250. The van der Waals surface area contributed by atoms with Crippen molar-refractivity contribution >= 4 is 29.3 Å². The standard InChI is InChI=1S/C19H12N2O3S/c22-19-16-5-1-2-6-17(16)25-18(19)12-15-4-3-11-20(15)13-7-9-14(10-8-13)21(23)24/h1-12H/b18-12+. The highest BCUT2D eigenvalue weighted by atomic mass is 32.2. The normalized spacial score (nSPS) is 14.7. The Morgan fingerprint density at radius 1 is 1.00 bits per heavy atom. The molecule has 122 valence electrons. The molecule has 1 aliphatic rings. The van der Waals surface area contributed by atoms with Crippen LogP contribution in [0.2, 0.25) is 0 Å². The summed E-state index contributed by atoms with van der Waals surface area (Å²) in [6.07, 6.45) is 3.72. The molecule has 0 unspecified atom stereocenters. The zero-order chi connectivity index (χ0) is 17.4. The van der Waals surface area contributed by atoms with E-state index in [1.54, 1.807) is 12.1 Å². The number of carbonyl (C=O) groups excluding carboxylic acids is 1. The van der Waals surface area contributed by atoms with Crippen LogP contribution in [-0.4, -0.2) is 15.3 Å². The topological polar surface area (TPSA) is 65.1 Å². The van der Waals surface area contributed by atoms with Crippen molar-refractivity contribution in [3.8, 4) is 5.69 Å². The van der Waals surface area contributed by atoms with E-state index in [2.05, 4.69) is 0 Å². The molecule has 3 aromatic rings. The molecule has 5 nitrogen and oxygen atoms in total. The van der Waals surface area contributed by atoms with Gasteiger partial charge in [0.2, 0.25) is 5.78 Å². The first-order chi connectivity index (χ1) is 12.1. The van der Waals surface area contributed by atoms with Crippen molar-refractivity contribution in [1.82, 2.24) is 4.57 Å². The molecular formula is C19H12N2O3S. The minimum Gasteiger partial charge on any atom is -0.317 e. The number of fused-ring (bicyclic) bond motifs is 1. The first kappa shape index (κ1) is 15.4. The average Bonchev–Trinajstić information content (AvgIpc) is 3.21. The van der Waals surface area contributed by atoms with Gasteiger partial charge < -0.3 is 4.57 Å². The molecule has 1 aliphatic heterocycles. The van der Waals surface area contributed by atoms with E-state index in [0.717, 1.165) is 21.8 Å². The fourth-order valence-corrected chi connectivity index (χ4v) is 3.79. The van der Waals surface area contributed by atoms with Gasteiger partial charge in [0, 0.05) is 40.2 Å². The monoisotopic (exact) mass is 348 g/mol. The number of ketones is 1. The van der Waals surface area contributed by atoms with Crippen molar-refractivity contribution in [3.63, 3.8) is 0 Å². The van der Waals surface area contributed by atoms with E-state index in [-0.39, 0.29) is 11.5 Å². The van der Waals surface area contributed by atoms with Gasteiger partial charge in [-0.1, -0.05) is 23.9 Å². The molecule has 0 spiro atoms. The van der Waals surface area contributed by atoms with Crippen LogP contribution in [0.5, 0.6) is 0 Å². The molecule has 0 saturated heterocycles. The van der Waals surface area contributed by atoms with Crippen LogP contribution in [0.25, 0.3) is 11.8 Å². The number of benzene rings is 2. The maximum atomic E-state index is 12.5. The van der Waals surface area contributed by atoms with Crippen LogP contribution in [0.15, 0.2) is 76.7 Å². The van der Waals surface area contributed by atoms with E-state index in [1.807, 2.05) is 53.2 Å². The van der Waals surface area contributed by atoms with Crippen LogP contribution in [0.4, 0.5) is 5.69 Å². The summed E-state index contributed by atoms with van der Waals surface area (Å²) in [4.78, 5) is 24.5. The van der Waals surface area contributed by atoms with Gasteiger partial charge >= 0.3 is 0 Å². The quantitative estimate of drug-likeness (QED) is 0.390. The van der Waals surface area contributed by atoms with Crippen LogP contribution in [0.1, 0.15) is 16.1 Å². The Labute approximate surface area is 147 Å². The van der Waals surface area contributed by atoms with Gasteiger partial charge in [-0.2, -0.15) is 0 Å². The molecule has 0 atom stereocenters. The molecule has 0 aliphatic carbocycles. The molecule has 0 fully saturated rings. The van der Waals surface area contributed by atoms with Crippen LogP contribution in [-0.2, 0) is 0 Å². The predicted molar refractivity (Wildman–Crippen MR) is 97.0 cm³/mol. The second-order valence-corrected chi connectivity index (χ2v) is 6.60. The van der Waals surface area contributed by atoms with E-state index in [9.17, 15) is 14.9 Å². The molecule has 0 saturated carbocycles. The van der Waals surface area contributed by atoms with Crippen molar-refractivity contribution in [2.45, 2.75) is 4.90 Å². The number of carbonyl (C=O) groups is 1. The first-order valence-electron chi connectivity index (χ1n) is 7.59. The largest absolute Gasteiger partial charge is 0.317 e. The van der Waals surface area contributed by atoms with Gasteiger partial charge in [0.15, 0.2) is 0 Å². The third kappa shape index (κ3) is 2.77. The van der Waals surface area contributed by atoms with Crippen molar-refractivity contribution < 1.29 is 9.72 Å². The van der Waals surface area contributed by atoms with Gasteiger partial charge in [0.25, 0.3) is 5.69 Å². The number of hydrogen-bond donors (Lipinski definition) is 0. The molecular weight excluding hydrogens is 336 g/mol. The summed E-state index contributed by atoms with van der Waals surface area (Å²) < 4.78 is 1.90. The Kier molecular flexibility index (Phi) is 3.74. The van der Waals surface area contributed by atoms with Gasteiger partial charge in [0.1, 0.15) is 0 Å². The molecule has 0 bridgehead atoms. The first-order valence-corrected chi connectivity index (χ1v) is 8.40. The summed E-state index contributed by atoms with van der Waals surface area (Å²) >= 11 is 1.46. The SMILES string of the molecule is O=C1/C(=C\c2cccn2-c2ccc([N+](=O)[O-])cc2)Sc2ccccc21. The number of hydrogen-bond acceptors (Lipinski definition) is 4. The van der Waals surface area contributed by atoms with E-state index in [4.69, 9.17) is 0 Å². The smallest absolute Gasteiger partial charge is 0.269 e. The number of aromatic nitrogens is 1. The lowest BCUT2D eigenvalue weighted by Gasteiger charge is -2.06. The number of nitrogens with zero attached hydrogens (tertiary/aromatic N) is 2. The van der Waals surface area contributed by atoms with E-state index >= 15 is 0 Å². The highest BCUT2D eigenvalue weighted by molar-refractivity contribution is 8.04. The third-order valence-electron chi connectivity index (χ3n) is 3.97. The summed E-state index contributed by atoms with van der Waals surface area (Å²) in [7, 11) is 0. The molecule has 0 N–H and O–H groups in total. The maximum Gasteiger partial charge on any atom is 0.269 e. The number of non-ortho nitro benzene ring substituents is 1. The van der Waals surface area contributed by atoms with Crippen LogP contribution in [0, 0.1) is 10.1 Å². The Hall–Kier alpha value is -3.12. The minimum atomic E-state index is -0.423. The van der Waals surface area contributed by atoms with Gasteiger partial charge in [-0.3, -0.25) is 14.9 Å². The Morgan fingerprint density at radius 2 is 1.76 bits per heavy atom. The second-order valence-electron chi connectivity index (χ2n) is 5.51. The average molecular weight is 348 g/mol. The highest BCUT2D eigenvalue weighted by Crippen LogP contribution is 2.40. The van der Waals surface area contributed by atoms with E-state index in [0.29, 0.717) is 4.91 Å². The lowest BCUT2D eigenvalue weighted by Crippen LogP contribution is -1.98. The fraction of sp³-hybridized carbons (Fsp3) is 0. The molecule has 1 aromatic heterocycles. The summed E-state index contributed by atoms with van der Waals surface area (Å²) in [6.45, 7) is 0. The highest BCUT2D eigenvalue weighted by Gasteiger charge is 2.25. The fourth-order valence-electron chi connectivity index (χ4n) is 2.75. The molecule has 6 heteroatoms. The van der Waals surface area contributed by atoms with Gasteiger partial charge in [-0.25, -0.2) is 0 Å². The van der Waals surface area contributed by atoms with Crippen LogP contribution in [0.3, 0.4) is 0 Å². The molecule has 0 amide bonds. The summed E-state index contributed by atoms with van der Waals surface area (Å²) in [5, 5.41) is 10.8. The minimum absolute atomic E-state index is 0.0250. The number of allylic oxidation sites excluding steroid dienone is 1. The van der Waals surface area contributed by atoms with Crippen molar-refractivity contribution in [1.29, 1.82) is 0 Å². The van der Waals surface area contributed by atoms with Crippen LogP contribution >= 0.6 is 11.8 Å². The third-order valence-corrected chi connectivity index (χ3v) is 5.07.